The quantitative estimate of drug-likeness (QED) is 0.153. The number of nitrogens with zero attached hydrogens (tertiary/aromatic N) is 3. The van der Waals surface area contributed by atoms with Gasteiger partial charge in [0.2, 0.25) is 0 Å². The van der Waals surface area contributed by atoms with Crippen molar-refractivity contribution in [1.82, 2.24) is 5.32 Å². The molecule has 0 radical (unpaired) electrons. The van der Waals surface area contributed by atoms with Gasteiger partial charge in [0.1, 0.15) is 18.3 Å². The number of methoxy groups -OCH3 is 1. The van der Waals surface area contributed by atoms with Crippen LogP contribution in [0.4, 0.5) is 0 Å². The van der Waals surface area contributed by atoms with Crippen LogP contribution in [-0.2, 0) is 28.5 Å². The molecular weight excluding hydrogens is 676 g/mol. The molecular formula is C41H48N4O8. The van der Waals surface area contributed by atoms with Crippen LogP contribution in [0, 0.1) is 17.8 Å². The van der Waals surface area contributed by atoms with Crippen LogP contribution >= 0.6 is 0 Å². The highest BCUT2D eigenvalue weighted by atomic mass is 16.6. The molecule has 5 aliphatic heterocycles. The zero-order chi connectivity index (χ0) is 38.0. The largest absolute Gasteiger partial charge is 0.510 e. The van der Waals surface area contributed by atoms with E-state index in [9.17, 15) is 14.7 Å². The molecule has 1 saturated heterocycles. The van der Waals surface area contributed by atoms with Crippen LogP contribution in [0.15, 0.2) is 119 Å². The molecule has 0 aromatic carbocycles. The summed E-state index contributed by atoms with van der Waals surface area (Å²) in [6, 6.07) is 0. The van der Waals surface area contributed by atoms with Gasteiger partial charge in [0.05, 0.1) is 74.4 Å². The molecule has 0 amide bonds. The number of ether oxygens (including phenoxy) is 4. The molecule has 8 bridgehead atoms. The summed E-state index contributed by atoms with van der Waals surface area (Å²) in [5, 5.41) is 24.2. The van der Waals surface area contributed by atoms with E-state index in [1.165, 1.54) is 7.11 Å². The van der Waals surface area contributed by atoms with Gasteiger partial charge >= 0.3 is 11.9 Å². The third-order valence-electron chi connectivity index (χ3n) is 10.6. The van der Waals surface area contributed by atoms with Gasteiger partial charge in [0, 0.05) is 46.4 Å². The Morgan fingerprint density at radius 3 is 2.34 bits per heavy atom. The van der Waals surface area contributed by atoms with Crippen LogP contribution < -0.4 is 5.32 Å². The van der Waals surface area contributed by atoms with E-state index in [1.807, 2.05) is 38.2 Å². The van der Waals surface area contributed by atoms with Crippen LogP contribution in [0.5, 0.6) is 0 Å². The minimum absolute atomic E-state index is 0.0536. The molecule has 1 aliphatic carbocycles. The number of aliphatic hydroxyl groups excluding tert-OH is 2. The van der Waals surface area contributed by atoms with Crippen molar-refractivity contribution in [2.75, 3.05) is 46.8 Å². The monoisotopic (exact) mass is 724 g/mol. The predicted molar refractivity (Wildman–Crippen MR) is 202 cm³/mol. The second-order valence-electron chi connectivity index (χ2n) is 13.6. The van der Waals surface area contributed by atoms with Gasteiger partial charge in [-0.05, 0) is 74.1 Å². The van der Waals surface area contributed by atoms with Crippen LogP contribution in [0.2, 0.25) is 0 Å². The van der Waals surface area contributed by atoms with Crippen molar-refractivity contribution < 1.29 is 38.7 Å². The first-order valence-corrected chi connectivity index (χ1v) is 18.2. The Labute approximate surface area is 310 Å². The number of rotatable bonds is 14. The van der Waals surface area contributed by atoms with E-state index in [1.54, 1.807) is 0 Å². The minimum atomic E-state index is -1.10. The Morgan fingerprint density at radius 1 is 0.943 bits per heavy atom. The standard InChI is InChI=1S/C41H48N4O8/c1-8-25-21(3)28-18-30-23(5)27(10-11-34(47)53-17-16-52-15-14-51-13-12-46)38(44-30)36-37(41(49)50-7)40(48)35-24(6)31(45-39(35)36)20-33-26(9-2)22(4)29(43-33)19-32(25)42-28/h8,18-20,23,27,37,44,46,48H,1,9-17H2,2-7H3/t23-,27-,37+/m0/s1. The number of aliphatic imine (C=N–C) groups is 3. The summed E-state index contributed by atoms with van der Waals surface area (Å²) in [7, 11) is 1.30. The zero-order valence-corrected chi connectivity index (χ0v) is 31.3. The number of allylic oxidation sites excluding steroid dienone is 11. The number of carbonyl (C=O) groups is 2. The van der Waals surface area contributed by atoms with E-state index < -0.39 is 11.9 Å². The lowest BCUT2D eigenvalue weighted by Crippen LogP contribution is -2.25. The van der Waals surface area contributed by atoms with Gasteiger partial charge in [-0.3, -0.25) is 9.59 Å². The molecule has 0 saturated carbocycles. The zero-order valence-electron chi connectivity index (χ0n) is 31.3. The van der Waals surface area contributed by atoms with Crippen molar-refractivity contribution in [1.29, 1.82) is 0 Å². The summed E-state index contributed by atoms with van der Waals surface area (Å²) >= 11 is 0. The molecule has 12 nitrogen and oxygen atoms in total. The van der Waals surface area contributed by atoms with Crippen molar-refractivity contribution in [3.63, 3.8) is 0 Å². The summed E-state index contributed by atoms with van der Waals surface area (Å²) in [5.74, 6) is -2.62. The molecule has 0 unspecified atom stereocenters. The highest BCUT2D eigenvalue weighted by Gasteiger charge is 2.49. The van der Waals surface area contributed by atoms with Crippen molar-refractivity contribution in [3.8, 4) is 0 Å². The van der Waals surface area contributed by atoms with Gasteiger partial charge in [-0.25, -0.2) is 15.0 Å². The Balaban J connectivity index is 1.42. The number of hydrogen-bond acceptors (Lipinski definition) is 12. The van der Waals surface area contributed by atoms with Crippen LogP contribution in [0.25, 0.3) is 0 Å². The van der Waals surface area contributed by atoms with Gasteiger partial charge in [0.25, 0.3) is 0 Å². The van der Waals surface area contributed by atoms with Gasteiger partial charge < -0.3 is 34.5 Å². The number of carbonyl (C=O) groups excluding carboxylic acids is 2. The van der Waals surface area contributed by atoms with E-state index >= 15 is 0 Å². The van der Waals surface area contributed by atoms with Crippen LogP contribution in [0.1, 0.15) is 53.9 Å². The smallest absolute Gasteiger partial charge is 0.321 e. The van der Waals surface area contributed by atoms with Crippen LogP contribution in [-0.4, -0.2) is 86.0 Å². The SMILES string of the molecule is C=CC1=C(C)C2=NC1=CC1=NC(=CC3=C(C)C4=C(O)[C@H](C(=O)OC)C(=C5NC(=C2)[C@@H](C)[C@@H]5CCC(=O)OCCOCCOCCO)C4=N3)C(CC)=C1C. The van der Waals surface area contributed by atoms with E-state index in [0.29, 0.717) is 47.9 Å². The van der Waals surface area contributed by atoms with Gasteiger partial charge in [-0.15, -0.1) is 0 Å². The lowest BCUT2D eigenvalue weighted by Gasteiger charge is -2.20. The molecule has 53 heavy (non-hydrogen) atoms. The van der Waals surface area contributed by atoms with Crippen molar-refractivity contribution >= 4 is 29.1 Å². The third-order valence-corrected chi connectivity index (χ3v) is 10.6. The summed E-state index contributed by atoms with van der Waals surface area (Å²) in [6.07, 6.45) is 9.05. The molecule has 6 rings (SSSR count). The molecule has 0 aromatic heterocycles. The first-order valence-electron chi connectivity index (χ1n) is 18.2. The predicted octanol–water partition coefficient (Wildman–Crippen LogP) is 5.59. The summed E-state index contributed by atoms with van der Waals surface area (Å²) < 4.78 is 21.4. The first kappa shape index (κ1) is 37.8. The average Bonchev–Trinajstić information content (AvgIpc) is 3.88. The van der Waals surface area contributed by atoms with Crippen molar-refractivity contribution in [2.45, 2.75) is 53.9 Å². The summed E-state index contributed by atoms with van der Waals surface area (Å²) in [4.78, 5) is 41.7. The Morgan fingerprint density at radius 2 is 1.64 bits per heavy atom. The van der Waals surface area contributed by atoms with E-state index in [0.717, 1.165) is 62.8 Å². The molecule has 0 aromatic rings. The Hall–Kier alpha value is -4.91. The normalized spacial score (nSPS) is 23.3. The highest BCUT2D eigenvalue weighted by molar-refractivity contribution is 6.24. The fourth-order valence-corrected chi connectivity index (χ4v) is 7.72. The van der Waals surface area contributed by atoms with E-state index in [-0.39, 0.29) is 56.4 Å². The maximum atomic E-state index is 13.5. The lowest BCUT2D eigenvalue weighted by molar-refractivity contribution is -0.146. The molecule has 12 heteroatoms. The van der Waals surface area contributed by atoms with E-state index in [2.05, 4.69) is 32.7 Å². The molecule has 0 spiro atoms. The van der Waals surface area contributed by atoms with Crippen molar-refractivity contribution in [3.05, 3.63) is 104 Å². The van der Waals surface area contributed by atoms with Crippen molar-refractivity contribution in [2.24, 2.45) is 32.7 Å². The number of nitrogens with one attached hydrogen (secondary N) is 1. The third kappa shape index (κ3) is 7.10. The lowest BCUT2D eigenvalue weighted by atomic mass is 9.84. The first-order chi connectivity index (χ1) is 25.5. The van der Waals surface area contributed by atoms with Gasteiger partial charge in [-0.1, -0.05) is 26.5 Å². The summed E-state index contributed by atoms with van der Waals surface area (Å²) in [5.41, 5.74) is 11.6. The number of fused-ring (bicyclic) bond motifs is 5. The molecule has 3 N–H and O–H groups in total. The maximum Gasteiger partial charge on any atom is 0.321 e. The molecule has 280 valence electrons. The van der Waals surface area contributed by atoms with Crippen LogP contribution in [0.3, 0.4) is 0 Å². The fraction of sp³-hybridized carbons (Fsp3) is 0.439. The molecule has 3 atom stereocenters. The molecule has 6 aliphatic rings. The Bertz CT molecular complexity index is 1980. The average molecular weight is 725 g/mol. The summed E-state index contributed by atoms with van der Waals surface area (Å²) in [6.45, 7) is 15.4. The van der Waals surface area contributed by atoms with Gasteiger partial charge in [-0.2, -0.15) is 0 Å². The molecule has 1 fully saturated rings. The number of esters is 2. The Kier molecular flexibility index (Phi) is 11.4. The van der Waals surface area contributed by atoms with Gasteiger partial charge in [0.15, 0.2) is 0 Å². The second kappa shape index (κ2) is 16.0. The topological polar surface area (TPSA) is 161 Å². The molecule has 5 heterocycles. The minimum Gasteiger partial charge on any atom is -0.510 e. The van der Waals surface area contributed by atoms with E-state index in [4.69, 9.17) is 39.0 Å². The maximum absolute atomic E-state index is 13.5. The number of aliphatic hydroxyl groups is 2. The second-order valence-corrected chi connectivity index (χ2v) is 13.6. The number of hydrogen-bond donors (Lipinski definition) is 3. The fourth-order valence-electron chi connectivity index (χ4n) is 7.72. The highest BCUT2D eigenvalue weighted by Crippen LogP contribution is 2.49.